The third kappa shape index (κ3) is 3.84. The molecule has 2 N–H and O–H groups in total. The van der Waals surface area contributed by atoms with Crippen LogP contribution in [0.4, 0.5) is 0 Å². The molecule has 0 aliphatic carbocycles. The summed E-state index contributed by atoms with van der Waals surface area (Å²) < 4.78 is 5.71. The van der Waals surface area contributed by atoms with Crippen molar-refractivity contribution >= 4 is 29.1 Å². The molecule has 1 fully saturated rings. The molecule has 1 amide bonds. The second-order valence-electron chi connectivity index (χ2n) is 6.05. The van der Waals surface area contributed by atoms with Crippen molar-refractivity contribution in [3.8, 4) is 6.07 Å². The van der Waals surface area contributed by atoms with Gasteiger partial charge < -0.3 is 15.4 Å². The van der Waals surface area contributed by atoms with Gasteiger partial charge in [0.1, 0.15) is 5.54 Å². The summed E-state index contributed by atoms with van der Waals surface area (Å²) in [5.41, 5.74) is 0.587. The molecule has 1 heterocycles. The lowest BCUT2D eigenvalue weighted by Gasteiger charge is -2.34. The number of amides is 1. The predicted molar refractivity (Wildman–Crippen MR) is 100 cm³/mol. The fourth-order valence-electron chi connectivity index (χ4n) is 2.94. The number of benzene rings is 2. The number of hydrogen-bond acceptors (Lipinski definition) is 4. The molecule has 5 nitrogen and oxygen atoms in total. The van der Waals surface area contributed by atoms with Crippen molar-refractivity contribution in [2.45, 2.75) is 5.54 Å². The predicted octanol–water partition coefficient (Wildman–Crippen LogP) is 3.11. The third-order valence-corrected chi connectivity index (χ3v) is 5.05. The largest absolute Gasteiger partial charge is 0.377 e. The Balaban J connectivity index is 2.00. The van der Waals surface area contributed by atoms with E-state index in [-0.39, 0.29) is 12.5 Å². The zero-order valence-corrected chi connectivity index (χ0v) is 15.4. The number of ether oxygens (including phenoxy) is 1. The summed E-state index contributed by atoms with van der Waals surface area (Å²) in [6.45, 7) is 1.95. The summed E-state index contributed by atoms with van der Waals surface area (Å²) >= 11 is 12.2. The molecular formula is C19H17Cl2N3O2. The molecule has 0 unspecified atom stereocenters. The third-order valence-electron chi connectivity index (χ3n) is 4.32. The zero-order valence-electron chi connectivity index (χ0n) is 13.9. The maximum absolute atomic E-state index is 12.9. The fourth-order valence-corrected chi connectivity index (χ4v) is 3.24. The Kier molecular flexibility index (Phi) is 5.80. The molecule has 0 bridgehead atoms. The monoisotopic (exact) mass is 389 g/mol. The highest BCUT2D eigenvalue weighted by Gasteiger charge is 2.36. The van der Waals surface area contributed by atoms with Crippen molar-refractivity contribution in [3.05, 3.63) is 69.2 Å². The topological polar surface area (TPSA) is 74.2 Å². The summed E-state index contributed by atoms with van der Waals surface area (Å²) in [7, 11) is 0. The van der Waals surface area contributed by atoms with Crippen LogP contribution in [0.1, 0.15) is 21.5 Å². The molecule has 0 saturated carbocycles. The van der Waals surface area contributed by atoms with E-state index >= 15 is 0 Å². The molecule has 1 saturated heterocycles. The average molecular weight is 390 g/mol. The van der Waals surface area contributed by atoms with Crippen molar-refractivity contribution in [1.82, 2.24) is 10.6 Å². The molecule has 1 aliphatic rings. The van der Waals surface area contributed by atoms with E-state index in [1.165, 1.54) is 0 Å². The van der Waals surface area contributed by atoms with Gasteiger partial charge in [-0.1, -0.05) is 41.4 Å². The van der Waals surface area contributed by atoms with Crippen molar-refractivity contribution in [3.63, 3.8) is 0 Å². The van der Waals surface area contributed by atoms with Gasteiger partial charge in [0.15, 0.2) is 0 Å². The van der Waals surface area contributed by atoms with Crippen LogP contribution in [0.2, 0.25) is 10.0 Å². The number of hydrogen-bond donors (Lipinski definition) is 2. The van der Waals surface area contributed by atoms with Crippen LogP contribution in [0.5, 0.6) is 0 Å². The SMILES string of the molecule is N#Cc1ccccc1C(=O)N[C@]1(c2ccc(Cl)c(Cl)c2)CNCCOC1. The average Bonchev–Trinajstić information content (AvgIpc) is 2.90. The Labute approximate surface area is 161 Å². The number of carbonyl (C=O) groups excluding carboxylic acids is 1. The maximum atomic E-state index is 12.9. The van der Waals surface area contributed by atoms with Gasteiger partial charge in [0, 0.05) is 13.1 Å². The van der Waals surface area contributed by atoms with Crippen LogP contribution in [-0.2, 0) is 10.3 Å². The van der Waals surface area contributed by atoms with E-state index in [1.807, 2.05) is 12.1 Å². The molecule has 0 spiro atoms. The minimum atomic E-state index is -0.829. The molecule has 2 aromatic rings. The number of carbonyl (C=O) groups is 1. The van der Waals surface area contributed by atoms with Gasteiger partial charge in [-0.2, -0.15) is 5.26 Å². The summed E-state index contributed by atoms with van der Waals surface area (Å²) in [4.78, 5) is 12.9. The van der Waals surface area contributed by atoms with Crippen LogP contribution in [0.3, 0.4) is 0 Å². The second-order valence-corrected chi connectivity index (χ2v) is 6.87. The van der Waals surface area contributed by atoms with Gasteiger partial charge in [0.25, 0.3) is 5.91 Å². The molecule has 0 aromatic heterocycles. The van der Waals surface area contributed by atoms with Crippen molar-refractivity contribution in [2.75, 3.05) is 26.3 Å². The van der Waals surface area contributed by atoms with E-state index in [2.05, 4.69) is 10.6 Å². The number of nitriles is 1. The Morgan fingerprint density at radius 2 is 2.04 bits per heavy atom. The summed E-state index contributed by atoms with van der Waals surface area (Å²) in [5.74, 6) is -0.347. The van der Waals surface area contributed by atoms with Gasteiger partial charge in [0.05, 0.1) is 40.5 Å². The van der Waals surface area contributed by atoms with E-state index in [0.29, 0.717) is 40.9 Å². The van der Waals surface area contributed by atoms with E-state index in [1.54, 1.807) is 36.4 Å². The van der Waals surface area contributed by atoms with Gasteiger partial charge in [-0.05, 0) is 29.8 Å². The minimum absolute atomic E-state index is 0.276. The first-order valence-corrected chi connectivity index (χ1v) is 8.87. The van der Waals surface area contributed by atoms with E-state index < -0.39 is 5.54 Å². The van der Waals surface area contributed by atoms with Crippen molar-refractivity contribution in [1.29, 1.82) is 5.26 Å². The number of rotatable bonds is 3. The van der Waals surface area contributed by atoms with E-state index in [0.717, 1.165) is 5.56 Å². The Bertz CT molecular complexity index is 856. The van der Waals surface area contributed by atoms with E-state index in [9.17, 15) is 10.1 Å². The summed E-state index contributed by atoms with van der Waals surface area (Å²) in [6, 6.07) is 14.0. The van der Waals surface area contributed by atoms with Crippen LogP contribution in [-0.4, -0.2) is 32.2 Å². The molecule has 1 aliphatic heterocycles. The van der Waals surface area contributed by atoms with Crippen molar-refractivity contribution in [2.24, 2.45) is 0 Å². The second kappa shape index (κ2) is 8.07. The molecular weight excluding hydrogens is 373 g/mol. The van der Waals surface area contributed by atoms with Gasteiger partial charge in [-0.15, -0.1) is 0 Å². The summed E-state index contributed by atoms with van der Waals surface area (Å²) in [6.07, 6.45) is 0. The molecule has 2 aromatic carbocycles. The standard InChI is InChI=1S/C19H17Cl2N3O2/c20-16-6-5-14(9-17(16)21)19(11-23-7-8-26-12-19)24-18(25)15-4-2-1-3-13(15)10-22/h1-6,9,23H,7-8,11-12H2,(H,24,25)/t19-/m1/s1. The van der Waals surface area contributed by atoms with Crippen LogP contribution in [0.15, 0.2) is 42.5 Å². The van der Waals surface area contributed by atoms with Crippen LogP contribution in [0.25, 0.3) is 0 Å². The van der Waals surface area contributed by atoms with Crippen LogP contribution in [0, 0.1) is 11.3 Å². The van der Waals surface area contributed by atoms with E-state index in [4.69, 9.17) is 27.9 Å². The lowest BCUT2D eigenvalue weighted by Crippen LogP contribution is -2.54. The Morgan fingerprint density at radius 3 is 2.81 bits per heavy atom. The highest BCUT2D eigenvalue weighted by molar-refractivity contribution is 6.42. The highest BCUT2D eigenvalue weighted by atomic mass is 35.5. The first-order valence-electron chi connectivity index (χ1n) is 8.11. The summed E-state index contributed by atoms with van der Waals surface area (Å²) in [5, 5.41) is 16.4. The molecule has 3 rings (SSSR count). The lowest BCUT2D eigenvalue weighted by atomic mass is 9.89. The lowest BCUT2D eigenvalue weighted by molar-refractivity contribution is 0.0711. The Hall–Kier alpha value is -2.10. The van der Waals surface area contributed by atoms with Gasteiger partial charge >= 0.3 is 0 Å². The zero-order chi connectivity index (χ0) is 18.6. The van der Waals surface area contributed by atoms with Gasteiger partial charge in [-0.3, -0.25) is 4.79 Å². The first-order chi connectivity index (χ1) is 12.6. The number of halogens is 2. The first kappa shape index (κ1) is 18.7. The van der Waals surface area contributed by atoms with Crippen LogP contribution < -0.4 is 10.6 Å². The van der Waals surface area contributed by atoms with Gasteiger partial charge in [-0.25, -0.2) is 0 Å². The van der Waals surface area contributed by atoms with Gasteiger partial charge in [0.2, 0.25) is 0 Å². The highest BCUT2D eigenvalue weighted by Crippen LogP contribution is 2.30. The molecule has 0 radical (unpaired) electrons. The quantitative estimate of drug-likeness (QED) is 0.845. The minimum Gasteiger partial charge on any atom is -0.377 e. The van der Waals surface area contributed by atoms with Crippen molar-refractivity contribution < 1.29 is 9.53 Å². The maximum Gasteiger partial charge on any atom is 0.253 e. The Morgan fingerprint density at radius 1 is 1.23 bits per heavy atom. The smallest absolute Gasteiger partial charge is 0.253 e. The molecule has 1 atom stereocenters. The fraction of sp³-hybridized carbons (Fsp3) is 0.263. The van der Waals surface area contributed by atoms with Crippen LogP contribution >= 0.6 is 23.2 Å². The normalized spacial score (nSPS) is 20.0. The number of nitrogens with zero attached hydrogens (tertiary/aromatic N) is 1. The molecule has 26 heavy (non-hydrogen) atoms. The molecule has 134 valence electrons. The number of nitrogens with one attached hydrogen (secondary N) is 2. The molecule has 7 heteroatoms.